The number of aryl methyl sites for hydroxylation is 1. The van der Waals surface area contributed by atoms with E-state index in [4.69, 9.17) is 0 Å². The Labute approximate surface area is 150 Å². The van der Waals surface area contributed by atoms with Crippen molar-refractivity contribution >= 4 is 22.8 Å². The number of aromatic nitrogens is 3. The molecule has 126 valence electrons. The van der Waals surface area contributed by atoms with Gasteiger partial charge < -0.3 is 5.32 Å². The molecule has 0 atom stereocenters. The minimum atomic E-state index is -0.225. The van der Waals surface area contributed by atoms with Gasteiger partial charge in [-0.1, -0.05) is 48.0 Å². The summed E-state index contributed by atoms with van der Waals surface area (Å²) in [6, 6.07) is 21.0. The highest BCUT2D eigenvalue weighted by molar-refractivity contribution is 6.07. The number of nitrogens with zero attached hydrogens (tertiary/aromatic N) is 3. The highest BCUT2D eigenvalue weighted by Crippen LogP contribution is 2.23. The standard InChI is InChI=1S/C21H16N4O/c1-14-7-9-16(10-8-14)21(26)25-20-19-18(22-13-23-20)12-11-17(24-19)15-5-3-2-4-6-15/h2-13H,1H3,(H,22,23,25,26). The van der Waals surface area contributed by atoms with E-state index >= 15 is 0 Å². The fourth-order valence-electron chi connectivity index (χ4n) is 2.69. The zero-order valence-electron chi connectivity index (χ0n) is 14.2. The number of amides is 1. The Morgan fingerprint density at radius 3 is 2.42 bits per heavy atom. The molecule has 0 aliphatic rings. The Balaban J connectivity index is 1.72. The molecule has 2 aromatic carbocycles. The van der Waals surface area contributed by atoms with Crippen molar-refractivity contribution in [2.75, 3.05) is 5.32 Å². The quantitative estimate of drug-likeness (QED) is 0.605. The Hall–Kier alpha value is -3.60. The van der Waals surface area contributed by atoms with Gasteiger partial charge in [0.15, 0.2) is 5.82 Å². The first-order chi connectivity index (χ1) is 12.7. The topological polar surface area (TPSA) is 67.8 Å². The average Bonchev–Trinajstić information content (AvgIpc) is 2.69. The maximum absolute atomic E-state index is 12.5. The molecule has 0 spiro atoms. The first-order valence-electron chi connectivity index (χ1n) is 8.26. The Morgan fingerprint density at radius 2 is 1.65 bits per heavy atom. The van der Waals surface area contributed by atoms with Gasteiger partial charge in [0, 0.05) is 11.1 Å². The van der Waals surface area contributed by atoms with Crippen molar-refractivity contribution in [2.45, 2.75) is 6.92 Å². The minimum Gasteiger partial charge on any atom is -0.305 e. The fourth-order valence-corrected chi connectivity index (χ4v) is 2.69. The molecule has 0 unspecified atom stereocenters. The molecule has 2 aromatic heterocycles. The maximum atomic E-state index is 12.5. The molecule has 4 aromatic rings. The first-order valence-corrected chi connectivity index (χ1v) is 8.26. The third-order valence-corrected chi connectivity index (χ3v) is 4.10. The fraction of sp³-hybridized carbons (Fsp3) is 0.0476. The number of fused-ring (bicyclic) bond motifs is 1. The van der Waals surface area contributed by atoms with E-state index in [9.17, 15) is 4.79 Å². The normalized spacial score (nSPS) is 10.7. The Bertz CT molecular complexity index is 1080. The van der Waals surface area contributed by atoms with Crippen LogP contribution in [0.4, 0.5) is 5.82 Å². The minimum absolute atomic E-state index is 0.225. The molecule has 0 bridgehead atoms. The molecular weight excluding hydrogens is 324 g/mol. The van der Waals surface area contributed by atoms with E-state index < -0.39 is 0 Å². The maximum Gasteiger partial charge on any atom is 0.256 e. The van der Waals surface area contributed by atoms with Crippen molar-refractivity contribution in [3.63, 3.8) is 0 Å². The van der Waals surface area contributed by atoms with Crippen molar-refractivity contribution in [2.24, 2.45) is 0 Å². The van der Waals surface area contributed by atoms with E-state index in [1.807, 2.05) is 61.5 Å². The second kappa shape index (κ2) is 6.72. The van der Waals surface area contributed by atoms with Gasteiger partial charge in [-0.3, -0.25) is 4.79 Å². The van der Waals surface area contributed by atoms with Gasteiger partial charge in [0.2, 0.25) is 0 Å². The van der Waals surface area contributed by atoms with E-state index in [2.05, 4.69) is 20.3 Å². The monoisotopic (exact) mass is 340 g/mol. The van der Waals surface area contributed by atoms with Crippen molar-refractivity contribution < 1.29 is 4.79 Å². The summed E-state index contributed by atoms with van der Waals surface area (Å²) in [7, 11) is 0. The molecule has 0 aliphatic carbocycles. The third kappa shape index (κ3) is 3.15. The van der Waals surface area contributed by atoms with Crippen LogP contribution < -0.4 is 5.32 Å². The van der Waals surface area contributed by atoms with Gasteiger partial charge in [-0.15, -0.1) is 0 Å². The largest absolute Gasteiger partial charge is 0.305 e. The summed E-state index contributed by atoms with van der Waals surface area (Å²) < 4.78 is 0. The Kier molecular flexibility index (Phi) is 4.11. The molecule has 5 nitrogen and oxygen atoms in total. The van der Waals surface area contributed by atoms with Gasteiger partial charge >= 0.3 is 0 Å². The van der Waals surface area contributed by atoms with Gasteiger partial charge in [0.25, 0.3) is 5.91 Å². The van der Waals surface area contributed by atoms with Crippen LogP contribution in [0, 0.1) is 6.92 Å². The number of carbonyl (C=O) groups is 1. The van der Waals surface area contributed by atoms with Crippen LogP contribution in [0.15, 0.2) is 73.1 Å². The molecule has 1 N–H and O–H groups in total. The highest BCUT2D eigenvalue weighted by Gasteiger charge is 2.12. The zero-order valence-corrected chi connectivity index (χ0v) is 14.2. The van der Waals surface area contributed by atoms with Crippen LogP contribution in [0.2, 0.25) is 0 Å². The summed E-state index contributed by atoms with van der Waals surface area (Å²) >= 11 is 0. The third-order valence-electron chi connectivity index (χ3n) is 4.10. The molecule has 0 fully saturated rings. The van der Waals surface area contributed by atoms with Crippen LogP contribution >= 0.6 is 0 Å². The molecule has 0 aliphatic heterocycles. The summed E-state index contributed by atoms with van der Waals surface area (Å²) in [5.74, 6) is 0.176. The number of hydrogen-bond acceptors (Lipinski definition) is 4. The molecule has 0 radical (unpaired) electrons. The summed E-state index contributed by atoms with van der Waals surface area (Å²) in [5.41, 5.74) is 4.71. The lowest BCUT2D eigenvalue weighted by Crippen LogP contribution is -2.13. The second-order valence-corrected chi connectivity index (χ2v) is 5.97. The Morgan fingerprint density at radius 1 is 0.885 bits per heavy atom. The number of nitrogens with one attached hydrogen (secondary N) is 1. The molecule has 2 heterocycles. The molecule has 1 amide bonds. The molecule has 4 rings (SSSR count). The zero-order chi connectivity index (χ0) is 17.9. The van der Waals surface area contributed by atoms with Crippen LogP contribution in [0.1, 0.15) is 15.9 Å². The smallest absolute Gasteiger partial charge is 0.256 e. The van der Waals surface area contributed by atoms with Crippen LogP contribution in [0.3, 0.4) is 0 Å². The van der Waals surface area contributed by atoms with Crippen LogP contribution in [-0.2, 0) is 0 Å². The lowest BCUT2D eigenvalue weighted by Gasteiger charge is -2.08. The molecule has 26 heavy (non-hydrogen) atoms. The van der Waals surface area contributed by atoms with E-state index in [1.54, 1.807) is 12.1 Å². The summed E-state index contributed by atoms with van der Waals surface area (Å²) in [5, 5.41) is 2.85. The number of hydrogen-bond donors (Lipinski definition) is 1. The van der Waals surface area contributed by atoms with Crippen LogP contribution in [0.25, 0.3) is 22.3 Å². The van der Waals surface area contributed by atoms with Crippen LogP contribution in [0.5, 0.6) is 0 Å². The van der Waals surface area contributed by atoms with Gasteiger partial charge in [0.1, 0.15) is 11.8 Å². The van der Waals surface area contributed by atoms with Crippen LogP contribution in [-0.4, -0.2) is 20.9 Å². The summed E-state index contributed by atoms with van der Waals surface area (Å²) in [4.78, 5) is 25.7. The number of benzene rings is 2. The van der Waals surface area contributed by atoms with E-state index in [0.717, 1.165) is 16.8 Å². The second-order valence-electron chi connectivity index (χ2n) is 5.97. The van der Waals surface area contributed by atoms with E-state index in [0.29, 0.717) is 22.4 Å². The molecule has 0 saturated carbocycles. The summed E-state index contributed by atoms with van der Waals surface area (Å²) in [6.45, 7) is 1.98. The van der Waals surface area contributed by atoms with Crippen molar-refractivity contribution in [3.8, 4) is 11.3 Å². The molecule has 0 saturated heterocycles. The highest BCUT2D eigenvalue weighted by atomic mass is 16.1. The first kappa shape index (κ1) is 15.9. The van der Waals surface area contributed by atoms with Crippen molar-refractivity contribution in [1.29, 1.82) is 0 Å². The lowest BCUT2D eigenvalue weighted by molar-refractivity contribution is 0.102. The van der Waals surface area contributed by atoms with Gasteiger partial charge in [-0.2, -0.15) is 0 Å². The van der Waals surface area contributed by atoms with Gasteiger partial charge in [-0.25, -0.2) is 15.0 Å². The van der Waals surface area contributed by atoms with Gasteiger partial charge in [0.05, 0.1) is 11.2 Å². The van der Waals surface area contributed by atoms with Gasteiger partial charge in [-0.05, 0) is 31.2 Å². The molecular formula is C21H16N4O. The average molecular weight is 340 g/mol. The van der Waals surface area contributed by atoms with E-state index in [1.165, 1.54) is 6.33 Å². The van der Waals surface area contributed by atoms with Crippen molar-refractivity contribution in [3.05, 3.63) is 84.2 Å². The predicted octanol–water partition coefficient (Wildman–Crippen LogP) is 4.25. The number of pyridine rings is 1. The lowest BCUT2D eigenvalue weighted by atomic mass is 10.1. The number of carbonyl (C=O) groups excluding carboxylic acids is 1. The number of anilines is 1. The van der Waals surface area contributed by atoms with E-state index in [-0.39, 0.29) is 5.91 Å². The summed E-state index contributed by atoms with van der Waals surface area (Å²) in [6.07, 6.45) is 1.43. The molecule has 5 heteroatoms. The SMILES string of the molecule is Cc1ccc(C(=O)Nc2ncnc3ccc(-c4ccccc4)nc23)cc1. The van der Waals surface area contributed by atoms with Crippen molar-refractivity contribution in [1.82, 2.24) is 15.0 Å². The number of rotatable bonds is 3. The predicted molar refractivity (Wildman–Crippen MR) is 102 cm³/mol.